The molecule has 29 heavy (non-hydrogen) atoms. The van der Waals surface area contributed by atoms with Crippen molar-refractivity contribution in [1.82, 2.24) is 10.3 Å². The molecule has 8 nitrogen and oxygen atoms in total. The van der Waals surface area contributed by atoms with Gasteiger partial charge in [0, 0.05) is 5.56 Å². The van der Waals surface area contributed by atoms with E-state index in [1.807, 2.05) is 0 Å². The number of rotatable bonds is 6. The first kappa shape index (κ1) is 20.3. The predicted molar refractivity (Wildman–Crippen MR) is 107 cm³/mol. The molecule has 0 bridgehead atoms. The van der Waals surface area contributed by atoms with E-state index in [-0.39, 0.29) is 27.0 Å². The molecule has 3 aromatic rings. The highest BCUT2D eigenvalue weighted by Crippen LogP contribution is 2.25. The maximum absolute atomic E-state index is 12.6. The first-order chi connectivity index (χ1) is 13.9. The van der Waals surface area contributed by atoms with E-state index in [4.69, 9.17) is 11.6 Å². The van der Waals surface area contributed by atoms with E-state index in [2.05, 4.69) is 15.6 Å². The molecule has 0 radical (unpaired) electrons. The molecule has 0 saturated heterocycles. The van der Waals surface area contributed by atoms with Crippen LogP contribution in [0.1, 0.15) is 31.6 Å². The van der Waals surface area contributed by atoms with Gasteiger partial charge in [-0.1, -0.05) is 41.9 Å². The summed E-state index contributed by atoms with van der Waals surface area (Å²) in [6.07, 6.45) is 0. The molecule has 0 aliphatic heterocycles. The van der Waals surface area contributed by atoms with Crippen molar-refractivity contribution in [1.29, 1.82) is 0 Å². The van der Waals surface area contributed by atoms with Gasteiger partial charge in [-0.3, -0.25) is 9.59 Å². The number of anilines is 1. The van der Waals surface area contributed by atoms with Crippen molar-refractivity contribution in [3.63, 3.8) is 0 Å². The Labute approximate surface area is 173 Å². The van der Waals surface area contributed by atoms with Crippen molar-refractivity contribution in [2.75, 3.05) is 5.32 Å². The standard InChI is InChI=1S/C19H14ClN3O5S/c20-12-8-11(6-7-13(12)24)17(25)23-16-15(29-9-21-16)18(26)22-14(19(27)28)10-4-2-1-3-5-10/h1-9,14,24H,(H,22,26)(H,23,25)(H,27,28). The molecule has 10 heteroatoms. The van der Waals surface area contributed by atoms with Crippen molar-refractivity contribution < 1.29 is 24.6 Å². The van der Waals surface area contributed by atoms with E-state index in [9.17, 15) is 24.6 Å². The van der Waals surface area contributed by atoms with E-state index in [0.29, 0.717) is 5.56 Å². The summed E-state index contributed by atoms with van der Waals surface area (Å²) in [6, 6.07) is 10.9. The lowest BCUT2D eigenvalue weighted by Crippen LogP contribution is -2.33. The number of aromatic hydroxyl groups is 1. The van der Waals surface area contributed by atoms with E-state index < -0.39 is 23.8 Å². The molecule has 2 amide bonds. The molecule has 1 heterocycles. The van der Waals surface area contributed by atoms with Gasteiger partial charge in [-0.05, 0) is 23.8 Å². The van der Waals surface area contributed by atoms with Gasteiger partial charge >= 0.3 is 5.97 Å². The molecule has 1 atom stereocenters. The minimum Gasteiger partial charge on any atom is -0.506 e. The number of nitrogens with zero attached hydrogens (tertiary/aromatic N) is 1. The minimum atomic E-state index is -1.26. The highest BCUT2D eigenvalue weighted by atomic mass is 35.5. The van der Waals surface area contributed by atoms with Crippen LogP contribution in [-0.4, -0.2) is 33.0 Å². The second-order valence-electron chi connectivity index (χ2n) is 5.81. The molecule has 1 aromatic heterocycles. The van der Waals surface area contributed by atoms with E-state index in [0.717, 1.165) is 11.3 Å². The van der Waals surface area contributed by atoms with Crippen LogP contribution in [0.5, 0.6) is 5.75 Å². The van der Waals surface area contributed by atoms with Crippen molar-refractivity contribution >= 4 is 46.5 Å². The summed E-state index contributed by atoms with van der Waals surface area (Å²) < 4.78 is 0. The molecule has 0 saturated carbocycles. The Kier molecular flexibility index (Phi) is 6.10. The number of aromatic nitrogens is 1. The van der Waals surface area contributed by atoms with Crippen LogP contribution in [0.4, 0.5) is 5.82 Å². The molecular weight excluding hydrogens is 418 g/mol. The van der Waals surface area contributed by atoms with Crippen LogP contribution < -0.4 is 10.6 Å². The molecule has 0 spiro atoms. The van der Waals surface area contributed by atoms with Gasteiger partial charge in [0.1, 0.15) is 10.6 Å². The normalized spacial score (nSPS) is 11.5. The monoisotopic (exact) mass is 431 g/mol. The van der Waals surface area contributed by atoms with Gasteiger partial charge in [-0.2, -0.15) is 0 Å². The zero-order valence-electron chi connectivity index (χ0n) is 14.6. The number of amides is 2. The van der Waals surface area contributed by atoms with Gasteiger partial charge in [0.15, 0.2) is 11.9 Å². The molecular formula is C19H14ClN3O5S. The molecule has 0 fully saturated rings. The zero-order chi connectivity index (χ0) is 21.0. The zero-order valence-corrected chi connectivity index (χ0v) is 16.2. The number of carboxylic acid groups (broad SMARTS) is 1. The number of aliphatic carboxylic acids is 1. The number of nitrogens with one attached hydrogen (secondary N) is 2. The molecule has 0 aliphatic rings. The predicted octanol–water partition coefficient (Wildman–Crippen LogP) is 3.31. The molecule has 0 aliphatic carbocycles. The van der Waals surface area contributed by atoms with Gasteiger partial charge in [-0.25, -0.2) is 9.78 Å². The highest BCUT2D eigenvalue weighted by molar-refractivity contribution is 7.12. The first-order valence-electron chi connectivity index (χ1n) is 8.18. The number of carbonyl (C=O) groups is 3. The van der Waals surface area contributed by atoms with Crippen molar-refractivity contribution in [2.24, 2.45) is 0 Å². The summed E-state index contributed by atoms with van der Waals surface area (Å²) in [4.78, 5) is 40.6. The van der Waals surface area contributed by atoms with Gasteiger partial charge in [0.2, 0.25) is 0 Å². The first-order valence-corrected chi connectivity index (χ1v) is 9.44. The van der Waals surface area contributed by atoms with Gasteiger partial charge in [0.05, 0.1) is 10.5 Å². The van der Waals surface area contributed by atoms with Crippen molar-refractivity contribution in [3.8, 4) is 5.75 Å². The number of phenols is 1. The summed E-state index contributed by atoms with van der Waals surface area (Å²) in [5, 5.41) is 23.8. The fourth-order valence-corrected chi connectivity index (χ4v) is 3.28. The fourth-order valence-electron chi connectivity index (χ4n) is 2.45. The van der Waals surface area contributed by atoms with Gasteiger partial charge in [-0.15, -0.1) is 11.3 Å². The third kappa shape index (κ3) is 4.71. The third-order valence-electron chi connectivity index (χ3n) is 3.87. The van der Waals surface area contributed by atoms with Crippen LogP contribution in [-0.2, 0) is 4.79 Å². The maximum Gasteiger partial charge on any atom is 0.330 e. The van der Waals surface area contributed by atoms with Gasteiger partial charge in [0.25, 0.3) is 11.8 Å². The number of thiazole rings is 1. The summed E-state index contributed by atoms with van der Waals surface area (Å²) in [5.74, 6) is -2.69. The molecule has 3 rings (SSSR count). The lowest BCUT2D eigenvalue weighted by molar-refractivity contribution is -0.139. The van der Waals surface area contributed by atoms with Crippen LogP contribution in [0.15, 0.2) is 54.0 Å². The highest BCUT2D eigenvalue weighted by Gasteiger charge is 2.25. The number of benzene rings is 2. The minimum absolute atomic E-state index is 0.000977. The quantitative estimate of drug-likeness (QED) is 0.474. The van der Waals surface area contributed by atoms with E-state index in [1.165, 1.54) is 23.7 Å². The Morgan fingerprint density at radius 3 is 2.45 bits per heavy atom. The summed E-state index contributed by atoms with van der Waals surface area (Å²) in [5.41, 5.74) is 1.91. The number of carbonyl (C=O) groups excluding carboxylic acids is 2. The Balaban J connectivity index is 1.78. The maximum atomic E-state index is 12.6. The molecule has 1 unspecified atom stereocenters. The summed E-state index contributed by atoms with van der Waals surface area (Å²) in [7, 11) is 0. The smallest absolute Gasteiger partial charge is 0.330 e. The molecule has 148 valence electrons. The number of phenolic OH excluding ortho intramolecular Hbond substituents is 1. The summed E-state index contributed by atoms with van der Waals surface area (Å²) in [6.45, 7) is 0. The van der Waals surface area contributed by atoms with Crippen LogP contribution >= 0.6 is 22.9 Å². The Hall–Kier alpha value is -3.43. The van der Waals surface area contributed by atoms with Crippen LogP contribution in [0.25, 0.3) is 0 Å². The molecule has 4 N–H and O–H groups in total. The SMILES string of the molecule is O=C(Nc1ncsc1C(=O)NC(C(=O)O)c1ccccc1)c1ccc(O)c(Cl)c1. The largest absolute Gasteiger partial charge is 0.506 e. The average Bonchev–Trinajstić information content (AvgIpc) is 3.16. The lowest BCUT2D eigenvalue weighted by Gasteiger charge is -2.14. The summed E-state index contributed by atoms with van der Waals surface area (Å²) >= 11 is 6.76. The average molecular weight is 432 g/mol. The third-order valence-corrected chi connectivity index (χ3v) is 5.00. The Morgan fingerprint density at radius 2 is 1.79 bits per heavy atom. The van der Waals surface area contributed by atoms with Crippen LogP contribution in [0.3, 0.4) is 0 Å². The number of halogens is 1. The Morgan fingerprint density at radius 1 is 1.07 bits per heavy atom. The Bertz CT molecular complexity index is 1070. The second-order valence-corrected chi connectivity index (χ2v) is 7.07. The van der Waals surface area contributed by atoms with E-state index >= 15 is 0 Å². The van der Waals surface area contributed by atoms with Crippen LogP contribution in [0.2, 0.25) is 5.02 Å². The second kappa shape index (κ2) is 8.72. The van der Waals surface area contributed by atoms with Gasteiger partial charge < -0.3 is 20.8 Å². The van der Waals surface area contributed by atoms with Crippen molar-refractivity contribution in [2.45, 2.75) is 6.04 Å². The van der Waals surface area contributed by atoms with E-state index in [1.54, 1.807) is 30.3 Å². The number of carboxylic acids is 1. The fraction of sp³-hybridized carbons (Fsp3) is 0.0526. The molecule has 2 aromatic carbocycles. The number of hydrogen-bond donors (Lipinski definition) is 4. The number of hydrogen-bond acceptors (Lipinski definition) is 6. The van der Waals surface area contributed by atoms with Crippen LogP contribution in [0, 0.1) is 0 Å². The topological polar surface area (TPSA) is 129 Å². The lowest BCUT2D eigenvalue weighted by atomic mass is 10.1. The van der Waals surface area contributed by atoms with Crippen molar-refractivity contribution in [3.05, 3.63) is 75.1 Å².